The maximum Gasteiger partial charge on any atom is 0.130 e. The van der Waals surface area contributed by atoms with Gasteiger partial charge in [0.15, 0.2) is 0 Å². The van der Waals surface area contributed by atoms with Gasteiger partial charge in [-0.3, -0.25) is 4.98 Å². The number of nitrogens with one attached hydrogen (secondary N) is 1. The van der Waals surface area contributed by atoms with E-state index in [2.05, 4.69) is 10.3 Å². The summed E-state index contributed by atoms with van der Waals surface area (Å²) in [6, 6.07) is 11.8. The Bertz CT molecular complexity index is 570. The first-order chi connectivity index (χ1) is 9.72. The molecular formula is C16H20N2O2. The lowest BCUT2D eigenvalue weighted by molar-refractivity contribution is 0.295. The smallest absolute Gasteiger partial charge is 0.130 e. The summed E-state index contributed by atoms with van der Waals surface area (Å²) in [5.74, 6) is 1.61. The van der Waals surface area contributed by atoms with Gasteiger partial charge in [0, 0.05) is 23.9 Å². The van der Waals surface area contributed by atoms with Crippen LogP contribution < -0.4 is 14.8 Å². The molecule has 1 aromatic heterocycles. The molecule has 0 bridgehead atoms. The Morgan fingerprint density at radius 3 is 2.75 bits per heavy atom. The molecule has 1 N–H and O–H groups in total. The number of aryl methyl sites for hydroxylation is 1. The fourth-order valence-corrected chi connectivity index (χ4v) is 1.96. The van der Waals surface area contributed by atoms with Crippen molar-refractivity contribution in [3.8, 4) is 11.5 Å². The van der Waals surface area contributed by atoms with E-state index in [1.54, 1.807) is 7.11 Å². The molecular weight excluding hydrogens is 252 g/mol. The Kier molecular flexibility index (Phi) is 4.96. The molecule has 0 saturated carbocycles. The van der Waals surface area contributed by atoms with Gasteiger partial charge in [0.2, 0.25) is 0 Å². The van der Waals surface area contributed by atoms with E-state index in [0.29, 0.717) is 6.61 Å². The molecule has 0 aliphatic heterocycles. The summed E-state index contributed by atoms with van der Waals surface area (Å²) in [5.41, 5.74) is 3.01. The van der Waals surface area contributed by atoms with Crippen LogP contribution in [0.4, 0.5) is 0 Å². The molecule has 2 aromatic rings. The highest BCUT2D eigenvalue weighted by molar-refractivity contribution is 5.40. The second-order valence-corrected chi connectivity index (χ2v) is 4.56. The lowest BCUT2D eigenvalue weighted by Crippen LogP contribution is -2.08. The predicted molar refractivity (Wildman–Crippen MR) is 79.1 cm³/mol. The van der Waals surface area contributed by atoms with Crippen LogP contribution in [0.3, 0.4) is 0 Å². The van der Waals surface area contributed by atoms with E-state index in [1.165, 1.54) is 0 Å². The summed E-state index contributed by atoms with van der Waals surface area (Å²) in [6.45, 7) is 3.17. The van der Waals surface area contributed by atoms with Gasteiger partial charge in [-0.2, -0.15) is 0 Å². The molecule has 0 atom stereocenters. The van der Waals surface area contributed by atoms with Crippen molar-refractivity contribution in [2.24, 2.45) is 0 Å². The minimum atomic E-state index is 0.450. The molecule has 0 unspecified atom stereocenters. The van der Waals surface area contributed by atoms with Crippen molar-refractivity contribution in [2.45, 2.75) is 20.1 Å². The molecule has 4 nitrogen and oxygen atoms in total. The van der Waals surface area contributed by atoms with Gasteiger partial charge in [0.05, 0.1) is 12.8 Å². The highest BCUT2D eigenvalue weighted by Crippen LogP contribution is 2.25. The van der Waals surface area contributed by atoms with Crippen LogP contribution >= 0.6 is 0 Å². The zero-order valence-electron chi connectivity index (χ0n) is 12.1. The molecule has 0 radical (unpaired) electrons. The summed E-state index contributed by atoms with van der Waals surface area (Å²) in [6.07, 6.45) is 0. The highest BCUT2D eigenvalue weighted by atomic mass is 16.5. The molecule has 0 amide bonds. The molecule has 4 heteroatoms. The second-order valence-electron chi connectivity index (χ2n) is 4.56. The number of hydrogen-bond acceptors (Lipinski definition) is 4. The van der Waals surface area contributed by atoms with Gasteiger partial charge in [0.25, 0.3) is 0 Å². The van der Waals surface area contributed by atoms with Gasteiger partial charge in [-0.1, -0.05) is 12.1 Å². The number of hydrogen-bond donors (Lipinski definition) is 1. The Hall–Kier alpha value is -2.07. The molecule has 0 saturated heterocycles. The van der Waals surface area contributed by atoms with Crippen molar-refractivity contribution in [3.63, 3.8) is 0 Å². The van der Waals surface area contributed by atoms with E-state index >= 15 is 0 Å². The molecule has 2 rings (SSSR count). The first-order valence-electron chi connectivity index (χ1n) is 6.60. The third-order valence-corrected chi connectivity index (χ3v) is 2.96. The van der Waals surface area contributed by atoms with E-state index in [9.17, 15) is 0 Å². The second kappa shape index (κ2) is 6.91. The van der Waals surface area contributed by atoms with E-state index < -0.39 is 0 Å². The Morgan fingerprint density at radius 2 is 2.05 bits per heavy atom. The van der Waals surface area contributed by atoms with Crippen LogP contribution in [0.15, 0.2) is 36.4 Å². The van der Waals surface area contributed by atoms with Crippen LogP contribution in [0.5, 0.6) is 11.5 Å². The summed E-state index contributed by atoms with van der Waals surface area (Å²) in [4.78, 5) is 4.43. The van der Waals surface area contributed by atoms with Crippen LogP contribution in [-0.2, 0) is 13.2 Å². The quantitative estimate of drug-likeness (QED) is 0.878. The largest absolute Gasteiger partial charge is 0.497 e. The van der Waals surface area contributed by atoms with Crippen molar-refractivity contribution in [1.82, 2.24) is 10.3 Å². The van der Waals surface area contributed by atoms with E-state index in [4.69, 9.17) is 9.47 Å². The third kappa shape index (κ3) is 3.71. The third-order valence-electron chi connectivity index (χ3n) is 2.96. The molecule has 20 heavy (non-hydrogen) atoms. The molecule has 1 aromatic carbocycles. The summed E-state index contributed by atoms with van der Waals surface area (Å²) >= 11 is 0. The Morgan fingerprint density at radius 1 is 1.20 bits per heavy atom. The molecule has 0 spiro atoms. The number of methoxy groups -OCH3 is 1. The fraction of sp³-hybridized carbons (Fsp3) is 0.312. The zero-order valence-corrected chi connectivity index (χ0v) is 12.1. The van der Waals surface area contributed by atoms with Crippen LogP contribution in [0.25, 0.3) is 0 Å². The van der Waals surface area contributed by atoms with Gasteiger partial charge in [-0.15, -0.1) is 0 Å². The molecule has 0 fully saturated rings. The van der Waals surface area contributed by atoms with Crippen molar-refractivity contribution in [2.75, 3.05) is 14.2 Å². The number of aromatic nitrogens is 1. The number of ether oxygens (including phenoxy) is 2. The zero-order chi connectivity index (χ0) is 14.4. The van der Waals surface area contributed by atoms with Gasteiger partial charge < -0.3 is 14.8 Å². The average Bonchev–Trinajstić information content (AvgIpc) is 2.46. The van der Waals surface area contributed by atoms with Gasteiger partial charge in [0.1, 0.15) is 18.1 Å². The van der Waals surface area contributed by atoms with Crippen molar-refractivity contribution in [3.05, 3.63) is 53.3 Å². The standard InChI is InChI=1S/C16H20N2O2/c1-12-5-4-6-14(18-12)11-20-16-9-15(19-3)8-7-13(16)10-17-2/h4-9,17H,10-11H2,1-3H3. The fourth-order valence-electron chi connectivity index (χ4n) is 1.96. The topological polar surface area (TPSA) is 43.4 Å². The first-order valence-corrected chi connectivity index (χ1v) is 6.60. The number of benzene rings is 1. The Labute approximate surface area is 119 Å². The van der Waals surface area contributed by atoms with Crippen LogP contribution in [0.2, 0.25) is 0 Å². The van der Waals surface area contributed by atoms with Crippen LogP contribution in [0, 0.1) is 6.92 Å². The van der Waals surface area contributed by atoms with Crippen molar-refractivity contribution < 1.29 is 9.47 Å². The minimum absolute atomic E-state index is 0.450. The SMILES string of the molecule is CNCc1ccc(OC)cc1OCc1cccc(C)n1. The number of pyridine rings is 1. The summed E-state index contributed by atoms with van der Waals surface area (Å²) < 4.78 is 11.1. The summed E-state index contributed by atoms with van der Waals surface area (Å²) in [5, 5.41) is 3.13. The van der Waals surface area contributed by atoms with E-state index in [-0.39, 0.29) is 0 Å². The normalized spacial score (nSPS) is 10.3. The molecule has 0 aliphatic carbocycles. The Balaban J connectivity index is 2.14. The van der Waals surface area contributed by atoms with Gasteiger partial charge in [-0.05, 0) is 32.2 Å². The van der Waals surface area contributed by atoms with Gasteiger partial charge >= 0.3 is 0 Å². The molecule has 0 aliphatic rings. The summed E-state index contributed by atoms with van der Waals surface area (Å²) in [7, 11) is 3.56. The van der Waals surface area contributed by atoms with Gasteiger partial charge in [-0.25, -0.2) is 0 Å². The lowest BCUT2D eigenvalue weighted by atomic mass is 10.2. The minimum Gasteiger partial charge on any atom is -0.497 e. The lowest BCUT2D eigenvalue weighted by Gasteiger charge is -2.13. The van der Waals surface area contributed by atoms with E-state index in [1.807, 2.05) is 50.4 Å². The molecule has 1 heterocycles. The van der Waals surface area contributed by atoms with Crippen LogP contribution in [0.1, 0.15) is 17.0 Å². The van der Waals surface area contributed by atoms with Crippen molar-refractivity contribution >= 4 is 0 Å². The predicted octanol–water partition coefficient (Wildman–Crippen LogP) is 2.70. The van der Waals surface area contributed by atoms with E-state index in [0.717, 1.165) is 35.0 Å². The number of rotatable bonds is 6. The van der Waals surface area contributed by atoms with Crippen LogP contribution in [-0.4, -0.2) is 19.1 Å². The highest BCUT2D eigenvalue weighted by Gasteiger charge is 2.06. The first kappa shape index (κ1) is 14.3. The molecule has 106 valence electrons. The van der Waals surface area contributed by atoms with Crippen molar-refractivity contribution in [1.29, 1.82) is 0 Å². The number of nitrogens with zero attached hydrogens (tertiary/aromatic N) is 1. The monoisotopic (exact) mass is 272 g/mol. The maximum atomic E-state index is 5.89. The maximum absolute atomic E-state index is 5.89. The average molecular weight is 272 g/mol.